The van der Waals surface area contributed by atoms with Gasteiger partial charge in [0, 0.05) is 45.2 Å². The normalized spacial score (nSPS) is 18.7. The van der Waals surface area contributed by atoms with Crippen LogP contribution in [0.25, 0.3) is 0 Å². The molecular weight excluding hydrogens is 250 g/mol. The molecule has 1 N–H and O–H groups in total. The first-order valence-corrected chi connectivity index (χ1v) is 7.38. The Balaban J connectivity index is 1.71. The Kier molecular flexibility index (Phi) is 5.56. The van der Waals surface area contributed by atoms with E-state index in [1.54, 1.807) is 0 Å². The monoisotopic (exact) mass is 275 g/mol. The maximum absolute atomic E-state index is 12.0. The van der Waals surface area contributed by atoms with Crippen LogP contribution in [-0.2, 0) is 11.3 Å². The molecule has 0 spiro atoms. The summed E-state index contributed by atoms with van der Waals surface area (Å²) in [5, 5.41) is 3.00. The molecule has 1 fully saturated rings. The number of piperazine rings is 1. The first kappa shape index (κ1) is 15.0. The largest absolute Gasteiger partial charge is 0.352 e. The molecule has 1 aromatic rings. The molecule has 0 radical (unpaired) electrons. The van der Waals surface area contributed by atoms with Gasteiger partial charge in [-0.15, -0.1) is 0 Å². The van der Waals surface area contributed by atoms with Crippen LogP contribution in [0.2, 0.25) is 0 Å². The van der Waals surface area contributed by atoms with Gasteiger partial charge in [0.1, 0.15) is 0 Å². The van der Waals surface area contributed by atoms with Gasteiger partial charge in [0.25, 0.3) is 0 Å². The summed E-state index contributed by atoms with van der Waals surface area (Å²) in [5.41, 5.74) is 1.15. The number of nitrogens with zero attached hydrogens (tertiary/aromatic N) is 2. The molecule has 0 bridgehead atoms. The number of carbonyl (C=O) groups excluding carboxylic acids is 1. The molecule has 1 saturated heterocycles. The van der Waals surface area contributed by atoms with Gasteiger partial charge in [-0.1, -0.05) is 30.3 Å². The van der Waals surface area contributed by atoms with E-state index in [0.29, 0.717) is 19.0 Å². The third-order valence-corrected chi connectivity index (χ3v) is 3.97. The molecule has 2 rings (SSSR count). The predicted molar refractivity (Wildman–Crippen MR) is 81.4 cm³/mol. The number of hydrogen-bond donors (Lipinski definition) is 1. The molecule has 1 heterocycles. The zero-order chi connectivity index (χ0) is 14.4. The summed E-state index contributed by atoms with van der Waals surface area (Å²) < 4.78 is 0. The van der Waals surface area contributed by atoms with Gasteiger partial charge in [-0.2, -0.15) is 0 Å². The minimum atomic E-state index is 0.139. The maximum Gasteiger partial charge on any atom is 0.221 e. The third kappa shape index (κ3) is 4.62. The Labute approximate surface area is 121 Å². The van der Waals surface area contributed by atoms with Crippen molar-refractivity contribution in [1.29, 1.82) is 0 Å². The highest BCUT2D eigenvalue weighted by Crippen LogP contribution is 2.08. The number of carbonyl (C=O) groups is 1. The van der Waals surface area contributed by atoms with E-state index in [1.165, 1.54) is 0 Å². The van der Waals surface area contributed by atoms with Crippen LogP contribution in [0.3, 0.4) is 0 Å². The van der Waals surface area contributed by atoms with Crippen LogP contribution in [0.5, 0.6) is 0 Å². The highest BCUT2D eigenvalue weighted by molar-refractivity contribution is 5.76. The molecule has 0 saturated carbocycles. The molecule has 1 unspecified atom stereocenters. The topological polar surface area (TPSA) is 35.6 Å². The van der Waals surface area contributed by atoms with Crippen LogP contribution in [0.1, 0.15) is 18.9 Å². The second-order valence-corrected chi connectivity index (χ2v) is 5.65. The second-order valence-electron chi connectivity index (χ2n) is 5.65. The molecular formula is C16H25N3O. The molecule has 1 atom stereocenters. The quantitative estimate of drug-likeness (QED) is 0.880. The van der Waals surface area contributed by atoms with E-state index >= 15 is 0 Å². The van der Waals surface area contributed by atoms with Crippen molar-refractivity contribution in [3.8, 4) is 0 Å². The van der Waals surface area contributed by atoms with Crippen molar-refractivity contribution < 1.29 is 4.79 Å². The fourth-order valence-corrected chi connectivity index (χ4v) is 2.53. The number of likely N-dealkylation sites (N-methyl/N-ethyl adjacent to an activating group) is 1. The Bertz CT molecular complexity index is 413. The van der Waals surface area contributed by atoms with E-state index in [1.807, 2.05) is 30.3 Å². The lowest BCUT2D eigenvalue weighted by Crippen LogP contribution is -2.49. The lowest BCUT2D eigenvalue weighted by Gasteiger charge is -2.36. The summed E-state index contributed by atoms with van der Waals surface area (Å²) in [6, 6.07) is 10.4. The van der Waals surface area contributed by atoms with Crippen molar-refractivity contribution in [2.45, 2.75) is 25.9 Å². The van der Waals surface area contributed by atoms with Crippen molar-refractivity contribution >= 4 is 5.91 Å². The highest BCUT2D eigenvalue weighted by atomic mass is 16.1. The molecule has 0 aromatic heterocycles. The smallest absolute Gasteiger partial charge is 0.221 e. The number of amides is 1. The molecule has 110 valence electrons. The van der Waals surface area contributed by atoms with Gasteiger partial charge in [-0.25, -0.2) is 0 Å². The standard InChI is InChI=1S/C16H25N3O/c1-14(19-10-8-18(2)9-11-19)12-16(20)17-13-15-6-4-3-5-7-15/h3-7,14H,8-13H2,1-2H3,(H,17,20). The lowest BCUT2D eigenvalue weighted by molar-refractivity contribution is -0.122. The number of hydrogen-bond acceptors (Lipinski definition) is 3. The fraction of sp³-hybridized carbons (Fsp3) is 0.562. The van der Waals surface area contributed by atoms with E-state index in [4.69, 9.17) is 0 Å². The van der Waals surface area contributed by atoms with E-state index < -0.39 is 0 Å². The van der Waals surface area contributed by atoms with Crippen LogP contribution in [0.4, 0.5) is 0 Å². The third-order valence-electron chi connectivity index (χ3n) is 3.97. The molecule has 0 aliphatic carbocycles. The van der Waals surface area contributed by atoms with Gasteiger partial charge < -0.3 is 10.2 Å². The van der Waals surface area contributed by atoms with E-state index in [-0.39, 0.29) is 5.91 Å². The van der Waals surface area contributed by atoms with Crippen molar-refractivity contribution in [2.75, 3.05) is 33.2 Å². The summed E-state index contributed by atoms with van der Waals surface area (Å²) in [5.74, 6) is 0.139. The van der Waals surface area contributed by atoms with Crippen molar-refractivity contribution in [3.63, 3.8) is 0 Å². The molecule has 1 aliphatic rings. The van der Waals surface area contributed by atoms with Crippen molar-refractivity contribution in [1.82, 2.24) is 15.1 Å². The summed E-state index contributed by atoms with van der Waals surface area (Å²) in [4.78, 5) is 16.7. The molecule has 1 aromatic carbocycles. The van der Waals surface area contributed by atoms with Crippen LogP contribution >= 0.6 is 0 Å². The molecule has 1 amide bonds. The molecule has 4 nitrogen and oxygen atoms in total. The average Bonchev–Trinajstić information content (AvgIpc) is 2.47. The lowest BCUT2D eigenvalue weighted by atomic mass is 10.1. The first-order chi connectivity index (χ1) is 9.65. The predicted octanol–water partition coefficient (Wildman–Crippen LogP) is 1.33. The minimum absolute atomic E-state index is 0.139. The summed E-state index contributed by atoms with van der Waals surface area (Å²) in [6.45, 7) is 7.07. The van der Waals surface area contributed by atoms with E-state index in [2.05, 4.69) is 29.1 Å². The maximum atomic E-state index is 12.0. The van der Waals surface area contributed by atoms with Gasteiger partial charge in [0.05, 0.1) is 0 Å². The molecule has 4 heteroatoms. The second kappa shape index (κ2) is 7.41. The number of nitrogens with one attached hydrogen (secondary N) is 1. The van der Waals surface area contributed by atoms with E-state index in [9.17, 15) is 4.79 Å². The van der Waals surface area contributed by atoms with Gasteiger partial charge in [-0.05, 0) is 19.5 Å². The van der Waals surface area contributed by atoms with E-state index in [0.717, 1.165) is 31.7 Å². The van der Waals surface area contributed by atoms with Gasteiger partial charge >= 0.3 is 0 Å². The average molecular weight is 275 g/mol. The Morgan fingerprint density at radius 2 is 1.85 bits per heavy atom. The highest BCUT2D eigenvalue weighted by Gasteiger charge is 2.20. The zero-order valence-corrected chi connectivity index (χ0v) is 12.5. The summed E-state index contributed by atoms with van der Waals surface area (Å²) >= 11 is 0. The Morgan fingerprint density at radius 1 is 1.20 bits per heavy atom. The Morgan fingerprint density at radius 3 is 2.50 bits per heavy atom. The van der Waals surface area contributed by atoms with Crippen molar-refractivity contribution in [2.24, 2.45) is 0 Å². The van der Waals surface area contributed by atoms with Crippen LogP contribution in [0.15, 0.2) is 30.3 Å². The van der Waals surface area contributed by atoms with Gasteiger partial charge in [0.2, 0.25) is 5.91 Å². The SMILES string of the molecule is CC(CC(=O)NCc1ccccc1)N1CCN(C)CC1. The minimum Gasteiger partial charge on any atom is -0.352 e. The molecule has 1 aliphatic heterocycles. The Hall–Kier alpha value is -1.39. The zero-order valence-electron chi connectivity index (χ0n) is 12.5. The fourth-order valence-electron chi connectivity index (χ4n) is 2.53. The van der Waals surface area contributed by atoms with Gasteiger partial charge in [0.15, 0.2) is 0 Å². The first-order valence-electron chi connectivity index (χ1n) is 7.38. The number of benzene rings is 1. The molecule has 20 heavy (non-hydrogen) atoms. The summed E-state index contributed by atoms with van der Waals surface area (Å²) in [6.07, 6.45) is 0.580. The van der Waals surface area contributed by atoms with Gasteiger partial charge in [-0.3, -0.25) is 9.69 Å². The van der Waals surface area contributed by atoms with Crippen molar-refractivity contribution in [3.05, 3.63) is 35.9 Å². The summed E-state index contributed by atoms with van der Waals surface area (Å²) in [7, 11) is 2.15. The van der Waals surface area contributed by atoms with Crippen LogP contribution in [-0.4, -0.2) is 55.0 Å². The van der Waals surface area contributed by atoms with Crippen LogP contribution in [0, 0.1) is 0 Å². The number of rotatable bonds is 5. The van der Waals surface area contributed by atoms with Crippen LogP contribution < -0.4 is 5.32 Å².